The third-order valence-corrected chi connectivity index (χ3v) is 21.9. The summed E-state index contributed by atoms with van der Waals surface area (Å²) in [6.45, 7) is 32.8. The average molecular weight is 1520 g/mol. The normalized spacial score (nSPS) is 21.0. The molecule has 0 heterocycles. The van der Waals surface area contributed by atoms with Crippen molar-refractivity contribution in [1.82, 2.24) is 21.3 Å². The van der Waals surface area contributed by atoms with E-state index in [1.165, 1.54) is 0 Å². The molecule has 7 atom stereocenters. The van der Waals surface area contributed by atoms with Crippen LogP contribution in [-0.2, 0) is 56.8 Å². The average Bonchev–Trinajstić information content (AvgIpc) is 0.805. The molecule has 0 aromatic rings. The maximum Gasteiger partial charge on any atom is 0.407 e. The van der Waals surface area contributed by atoms with Crippen molar-refractivity contribution >= 4 is 99.3 Å². The van der Waals surface area contributed by atoms with Crippen LogP contribution in [-0.4, -0.2) is 222 Å². The summed E-state index contributed by atoms with van der Waals surface area (Å²) in [6.07, 6.45) is 13.3. The Balaban J connectivity index is 1.91. The lowest BCUT2D eigenvalue weighted by Gasteiger charge is -2.46. The zero-order chi connectivity index (χ0) is 73.4. The molecule has 20 nitrogen and oxygen atoms in total. The SMILES string of the molecule is CCCCOCC(CC)(COCCCS)COC(=O)NCC1(C)CC(NC(=O)OCC(CC)(COCCCS)COCCCSCCCOCC(CC)(COCCCS)COC(=O)NCC2(C)CC(NC(=O)OCC(CC)(COCCCS)COCCCS)CC(C)(C)C2)CC(C)(C)C1. The minimum absolute atomic E-state index is 0.109. The zero-order valence-electron chi connectivity index (χ0n) is 63.3. The van der Waals surface area contributed by atoms with Gasteiger partial charge in [-0.15, -0.1) is 0 Å². The fraction of sp³-hybridized carbons (Fsp3) is 0.945. The van der Waals surface area contributed by atoms with Gasteiger partial charge in [0.25, 0.3) is 0 Å². The van der Waals surface area contributed by atoms with Crippen LogP contribution in [0.1, 0.15) is 198 Å². The lowest BCUT2D eigenvalue weighted by Crippen LogP contribution is -2.51. The van der Waals surface area contributed by atoms with Crippen LogP contribution in [0.25, 0.3) is 0 Å². The van der Waals surface area contributed by atoms with Crippen LogP contribution in [0.3, 0.4) is 0 Å². The Bertz CT molecular complexity index is 2110. The predicted octanol–water partition coefficient (Wildman–Crippen LogP) is 14.7. The molecule has 2 aliphatic carbocycles. The number of rotatable bonds is 60. The fourth-order valence-corrected chi connectivity index (χ4v) is 14.9. The number of alkyl carbamates (subject to hydrolysis) is 4. The van der Waals surface area contributed by atoms with E-state index in [9.17, 15) is 19.2 Å². The van der Waals surface area contributed by atoms with Crippen LogP contribution in [0.2, 0.25) is 0 Å². The van der Waals surface area contributed by atoms with Gasteiger partial charge in [-0.05, 0) is 178 Å². The summed E-state index contributed by atoms with van der Waals surface area (Å²) in [6, 6.07) is -0.322. The molecule has 4 amide bonds. The minimum Gasteiger partial charge on any atom is -0.449 e. The van der Waals surface area contributed by atoms with Gasteiger partial charge in [0.15, 0.2) is 0 Å². The smallest absolute Gasteiger partial charge is 0.407 e. The molecule has 0 bridgehead atoms. The predicted molar refractivity (Wildman–Crippen MR) is 418 cm³/mol. The van der Waals surface area contributed by atoms with E-state index in [1.54, 1.807) is 0 Å². The number of amides is 4. The molecule has 2 saturated carbocycles. The summed E-state index contributed by atoms with van der Waals surface area (Å²) in [5, 5.41) is 12.5. The van der Waals surface area contributed by atoms with Gasteiger partial charge in [0.05, 0.1) is 74.5 Å². The monoisotopic (exact) mass is 1520 g/mol. The molecule has 0 radical (unpaired) electrons. The Kier molecular flexibility index (Phi) is 50.1. The molecule has 99 heavy (non-hydrogen) atoms. The molecule has 4 N–H and O–H groups in total. The van der Waals surface area contributed by atoms with Crippen molar-refractivity contribution < 1.29 is 76.0 Å². The van der Waals surface area contributed by atoms with E-state index in [2.05, 4.69) is 161 Å². The summed E-state index contributed by atoms with van der Waals surface area (Å²) in [4.78, 5) is 54.0. The largest absolute Gasteiger partial charge is 0.449 e. The first-order valence-electron chi connectivity index (χ1n) is 37.2. The Morgan fingerprint density at radius 1 is 0.364 bits per heavy atom. The van der Waals surface area contributed by atoms with Crippen LogP contribution in [0.4, 0.5) is 19.2 Å². The number of unbranched alkanes of at least 4 members (excludes halogenated alkanes) is 1. The van der Waals surface area contributed by atoms with Crippen LogP contribution < -0.4 is 21.3 Å². The lowest BCUT2D eigenvalue weighted by atomic mass is 9.62. The second-order valence-corrected chi connectivity index (χ2v) is 34.2. The van der Waals surface area contributed by atoms with Crippen molar-refractivity contribution in [3.8, 4) is 0 Å². The molecule has 2 rings (SSSR count). The highest BCUT2D eigenvalue weighted by Gasteiger charge is 2.45. The number of thiol groups is 5. The fourth-order valence-electron chi connectivity index (χ4n) is 13.4. The molecule has 0 saturated heterocycles. The van der Waals surface area contributed by atoms with Gasteiger partial charge in [0.1, 0.15) is 26.4 Å². The van der Waals surface area contributed by atoms with Crippen LogP contribution in [0, 0.1) is 43.3 Å². The van der Waals surface area contributed by atoms with Crippen molar-refractivity contribution in [2.45, 2.75) is 210 Å². The topological polar surface area (TPSA) is 227 Å². The van der Waals surface area contributed by atoms with Gasteiger partial charge in [0, 0.05) is 78.0 Å². The Labute approximate surface area is 631 Å². The maximum absolute atomic E-state index is 13.7. The highest BCUT2D eigenvalue weighted by atomic mass is 32.2. The minimum atomic E-state index is -0.542. The van der Waals surface area contributed by atoms with Gasteiger partial charge in [-0.2, -0.15) is 74.9 Å². The molecule has 0 spiro atoms. The highest BCUT2D eigenvalue weighted by molar-refractivity contribution is 7.99. The molecule has 26 heteroatoms. The molecular weight excluding hydrogens is 1380 g/mol. The number of hydrogen-bond donors (Lipinski definition) is 9. The second-order valence-electron chi connectivity index (χ2n) is 30.7. The summed E-state index contributed by atoms with van der Waals surface area (Å²) in [7, 11) is 0. The second kappa shape index (κ2) is 52.8. The van der Waals surface area contributed by atoms with Gasteiger partial charge in [-0.1, -0.05) is 82.6 Å². The summed E-state index contributed by atoms with van der Waals surface area (Å²) >= 11 is 23.5. The third kappa shape index (κ3) is 41.5. The third-order valence-electron chi connectivity index (χ3n) is 19.2. The van der Waals surface area contributed by atoms with E-state index in [0.29, 0.717) is 162 Å². The molecule has 0 aromatic carbocycles. The van der Waals surface area contributed by atoms with Crippen LogP contribution in [0.5, 0.6) is 0 Å². The molecular formula is C73H140N4O16S6. The first-order chi connectivity index (χ1) is 47.3. The molecule has 0 aromatic heterocycles. The number of ether oxygens (including phenoxy) is 12. The molecule has 2 fully saturated rings. The summed E-state index contributed by atoms with van der Waals surface area (Å²) in [5.74, 6) is 5.45. The van der Waals surface area contributed by atoms with Gasteiger partial charge >= 0.3 is 24.4 Å². The van der Waals surface area contributed by atoms with Crippen LogP contribution >= 0.6 is 74.9 Å². The van der Waals surface area contributed by atoms with Crippen molar-refractivity contribution in [2.24, 2.45) is 43.3 Å². The Hall–Kier alpha value is -1.14. The number of thioether (sulfide) groups is 1. The van der Waals surface area contributed by atoms with E-state index >= 15 is 0 Å². The van der Waals surface area contributed by atoms with E-state index in [4.69, 9.17) is 56.8 Å². The number of nitrogens with one attached hydrogen (secondary N) is 4. The quantitative estimate of drug-likeness (QED) is 0.0157. The number of carbonyl (C=O) groups excluding carboxylic acids is 4. The van der Waals surface area contributed by atoms with Crippen molar-refractivity contribution in [2.75, 3.05) is 185 Å². The lowest BCUT2D eigenvalue weighted by molar-refractivity contribution is -0.0572. The standard InChI is InChI=1S/C73H140N4O16S6/c1-12-17-25-82-48-70(13-2,49-83-26-18-33-94)56-90-62(78)74-46-68(10)43-61(41-67(8,9)44-68)77-65(81)93-59-73(16-5,53-87-30-22-37-98)55-89-32-24-39-99-38-23-31-88-54-71(14-3,50-84-27-19-34-95)57-91-63(79)75-47-69(11)42-60(40-66(6,7)45-69)76-64(80)92-58-72(15-4,51-85-28-20-35-96)52-86-29-21-36-97/h60-61,94-98H,12-59H2,1-11H3,(H,74,78)(H,75,79)(H,76,80)(H,77,81). The van der Waals surface area contributed by atoms with Gasteiger partial charge in [-0.25, -0.2) is 19.2 Å². The van der Waals surface area contributed by atoms with Crippen molar-refractivity contribution in [1.29, 1.82) is 0 Å². The van der Waals surface area contributed by atoms with E-state index in [-0.39, 0.29) is 60.2 Å². The zero-order valence-corrected chi connectivity index (χ0v) is 68.6. The Morgan fingerprint density at radius 2 is 0.616 bits per heavy atom. The van der Waals surface area contributed by atoms with Crippen molar-refractivity contribution in [3.05, 3.63) is 0 Å². The van der Waals surface area contributed by atoms with E-state index in [1.807, 2.05) is 11.8 Å². The molecule has 7 unspecified atom stereocenters. The van der Waals surface area contributed by atoms with Crippen molar-refractivity contribution in [3.63, 3.8) is 0 Å². The van der Waals surface area contributed by atoms with Gasteiger partial charge in [0.2, 0.25) is 0 Å². The maximum atomic E-state index is 13.7. The van der Waals surface area contributed by atoms with E-state index in [0.717, 1.165) is 119 Å². The van der Waals surface area contributed by atoms with Crippen LogP contribution in [0.15, 0.2) is 0 Å². The highest BCUT2D eigenvalue weighted by Crippen LogP contribution is 2.47. The van der Waals surface area contributed by atoms with Gasteiger partial charge < -0.3 is 78.1 Å². The molecule has 0 aliphatic heterocycles. The van der Waals surface area contributed by atoms with Gasteiger partial charge in [-0.3, -0.25) is 0 Å². The molecule has 584 valence electrons. The Morgan fingerprint density at radius 3 is 0.869 bits per heavy atom. The number of hydrogen-bond acceptors (Lipinski definition) is 22. The first-order valence-corrected chi connectivity index (χ1v) is 41.5. The van der Waals surface area contributed by atoms with E-state index < -0.39 is 46.0 Å². The first kappa shape index (κ1) is 93.9. The molecule has 2 aliphatic rings. The summed E-state index contributed by atoms with van der Waals surface area (Å²) in [5.41, 5.74) is -2.87. The summed E-state index contributed by atoms with van der Waals surface area (Å²) < 4.78 is 72.9. The number of carbonyl (C=O) groups is 4.